The summed E-state index contributed by atoms with van der Waals surface area (Å²) in [6.07, 6.45) is 12.5. The van der Waals surface area contributed by atoms with Crippen LogP contribution in [-0.2, 0) is 18.3 Å². The Morgan fingerprint density at radius 1 is 0.667 bits per heavy atom. The molecule has 1 nitrogen and oxygen atoms in total. The Kier molecular flexibility index (Phi) is 11.1. The number of halogens is 1. The highest BCUT2D eigenvalue weighted by Crippen LogP contribution is 2.36. The van der Waals surface area contributed by atoms with E-state index in [2.05, 4.69) is 117 Å². The third kappa shape index (κ3) is 8.51. The molecule has 3 aromatic carbocycles. The Morgan fingerprint density at radius 3 is 1.78 bits per heavy atom. The minimum atomic E-state index is 0.101. The highest BCUT2D eigenvalue weighted by Gasteiger charge is 2.17. The summed E-state index contributed by atoms with van der Waals surface area (Å²) in [5.41, 5.74) is 9.52. The third-order valence-electron chi connectivity index (χ3n) is 7.04. The first-order valence-electron chi connectivity index (χ1n) is 14.1. The number of benzene rings is 3. The van der Waals surface area contributed by atoms with Crippen molar-refractivity contribution in [3.63, 3.8) is 0 Å². The molecule has 3 rings (SSSR count). The molecule has 0 radical (unpaired) electrons. The molecule has 0 saturated carbocycles. The summed E-state index contributed by atoms with van der Waals surface area (Å²) < 4.78 is 1.13. The van der Waals surface area contributed by atoms with Gasteiger partial charge in [-0.2, -0.15) is 0 Å². The SMILES string of the molecule is CCCCCCc1cc(-c2ccccc2)cc(CCCCCC)c1Nc1cc(Br)cc(C(C)(C)C)c1. The van der Waals surface area contributed by atoms with E-state index < -0.39 is 0 Å². The number of rotatable bonds is 13. The standard InChI is InChI=1S/C34H46BrN/c1-6-8-10-13-19-27-21-29(26-17-15-12-16-18-26)22-28(20-14-11-9-7-2)33(27)36-32-24-30(34(3,4)5)23-31(35)25-32/h12,15-18,21-25,36H,6-11,13-14,19-20H2,1-5H3. The Labute approximate surface area is 229 Å². The summed E-state index contributed by atoms with van der Waals surface area (Å²) in [6.45, 7) is 11.4. The zero-order valence-corrected chi connectivity index (χ0v) is 24.8. The average Bonchev–Trinajstić information content (AvgIpc) is 2.85. The van der Waals surface area contributed by atoms with Gasteiger partial charge >= 0.3 is 0 Å². The van der Waals surface area contributed by atoms with Crippen molar-refractivity contribution in [1.29, 1.82) is 0 Å². The normalized spacial score (nSPS) is 11.6. The maximum Gasteiger partial charge on any atom is 0.0449 e. The van der Waals surface area contributed by atoms with Crippen LogP contribution >= 0.6 is 15.9 Å². The molecular formula is C34H46BrN. The second-order valence-electron chi connectivity index (χ2n) is 11.3. The highest BCUT2D eigenvalue weighted by atomic mass is 79.9. The fourth-order valence-electron chi connectivity index (χ4n) is 4.84. The number of hydrogen-bond donors (Lipinski definition) is 1. The van der Waals surface area contributed by atoms with Gasteiger partial charge in [0.1, 0.15) is 0 Å². The molecule has 0 heterocycles. The van der Waals surface area contributed by atoms with E-state index in [9.17, 15) is 0 Å². The molecule has 36 heavy (non-hydrogen) atoms. The van der Waals surface area contributed by atoms with E-state index in [-0.39, 0.29) is 5.41 Å². The van der Waals surface area contributed by atoms with Crippen molar-refractivity contribution in [3.05, 3.63) is 81.8 Å². The van der Waals surface area contributed by atoms with Crippen molar-refractivity contribution in [3.8, 4) is 11.1 Å². The van der Waals surface area contributed by atoms with Gasteiger partial charge in [0.2, 0.25) is 0 Å². The van der Waals surface area contributed by atoms with Crippen molar-refractivity contribution in [2.24, 2.45) is 0 Å². The van der Waals surface area contributed by atoms with Gasteiger partial charge in [-0.25, -0.2) is 0 Å². The van der Waals surface area contributed by atoms with Crippen LogP contribution in [0.2, 0.25) is 0 Å². The molecule has 2 heteroatoms. The van der Waals surface area contributed by atoms with E-state index in [1.807, 2.05) is 0 Å². The van der Waals surface area contributed by atoms with Gasteiger partial charge in [0.05, 0.1) is 0 Å². The lowest BCUT2D eigenvalue weighted by Gasteiger charge is -2.23. The first-order valence-corrected chi connectivity index (χ1v) is 14.9. The largest absolute Gasteiger partial charge is 0.355 e. The van der Waals surface area contributed by atoms with Crippen LogP contribution in [-0.4, -0.2) is 0 Å². The van der Waals surface area contributed by atoms with Gasteiger partial charge in [0.25, 0.3) is 0 Å². The molecule has 0 aliphatic carbocycles. The molecule has 3 aromatic rings. The smallest absolute Gasteiger partial charge is 0.0449 e. The van der Waals surface area contributed by atoms with Crippen molar-refractivity contribution in [2.45, 2.75) is 104 Å². The molecule has 0 aliphatic heterocycles. The number of unbranched alkanes of at least 4 members (excludes halogenated alkanes) is 6. The van der Waals surface area contributed by atoms with Crippen LogP contribution in [0.15, 0.2) is 65.1 Å². The summed E-state index contributed by atoms with van der Waals surface area (Å²) in [5, 5.41) is 3.92. The monoisotopic (exact) mass is 547 g/mol. The van der Waals surface area contributed by atoms with Crippen LogP contribution in [0.25, 0.3) is 11.1 Å². The molecule has 0 aromatic heterocycles. The van der Waals surface area contributed by atoms with E-state index in [4.69, 9.17) is 0 Å². The predicted molar refractivity (Wildman–Crippen MR) is 164 cm³/mol. The maximum absolute atomic E-state index is 3.92. The summed E-state index contributed by atoms with van der Waals surface area (Å²) in [4.78, 5) is 0. The molecule has 0 spiro atoms. The van der Waals surface area contributed by atoms with Gasteiger partial charge in [-0.15, -0.1) is 0 Å². The second kappa shape index (κ2) is 14.0. The van der Waals surface area contributed by atoms with Crippen molar-refractivity contribution in [1.82, 2.24) is 0 Å². The summed E-state index contributed by atoms with van der Waals surface area (Å²) in [6, 6.07) is 22.6. The Balaban J connectivity index is 2.06. The molecule has 194 valence electrons. The number of aryl methyl sites for hydroxylation is 2. The molecule has 0 bridgehead atoms. The second-order valence-corrected chi connectivity index (χ2v) is 12.2. The molecule has 0 aliphatic rings. The Hall–Kier alpha value is -2.06. The van der Waals surface area contributed by atoms with Crippen molar-refractivity contribution >= 4 is 27.3 Å². The third-order valence-corrected chi connectivity index (χ3v) is 7.50. The molecule has 1 N–H and O–H groups in total. The van der Waals surface area contributed by atoms with E-state index in [0.717, 1.165) is 17.3 Å². The lowest BCUT2D eigenvalue weighted by Crippen LogP contribution is -2.11. The number of nitrogens with one attached hydrogen (secondary N) is 1. The number of anilines is 2. The van der Waals surface area contributed by atoms with Crippen LogP contribution in [0.1, 0.15) is 103 Å². The average molecular weight is 549 g/mol. The molecule has 0 saturated heterocycles. The van der Waals surface area contributed by atoms with E-state index in [1.54, 1.807) is 0 Å². The molecular weight excluding hydrogens is 502 g/mol. The first-order chi connectivity index (χ1) is 17.3. The summed E-state index contributed by atoms with van der Waals surface area (Å²) in [7, 11) is 0. The van der Waals surface area contributed by atoms with Crippen molar-refractivity contribution in [2.75, 3.05) is 5.32 Å². The molecule has 0 unspecified atom stereocenters. The van der Waals surface area contributed by atoms with Gasteiger partial charge in [-0.3, -0.25) is 0 Å². The molecule has 0 atom stereocenters. The quantitative estimate of drug-likeness (QED) is 0.210. The summed E-state index contributed by atoms with van der Waals surface area (Å²) >= 11 is 3.78. The maximum atomic E-state index is 3.92. The van der Waals surface area contributed by atoms with Crippen molar-refractivity contribution < 1.29 is 0 Å². The van der Waals surface area contributed by atoms with Crippen LogP contribution < -0.4 is 5.32 Å². The van der Waals surface area contributed by atoms with Gasteiger partial charge in [-0.05, 0) is 89.2 Å². The minimum absolute atomic E-state index is 0.101. The predicted octanol–water partition coefficient (Wildman–Crippen LogP) is 11.4. The Bertz CT molecular complexity index is 1050. The molecule has 0 amide bonds. The minimum Gasteiger partial charge on any atom is -0.355 e. The first kappa shape index (κ1) is 28.5. The van der Waals surface area contributed by atoms with E-state index in [0.29, 0.717) is 0 Å². The number of hydrogen-bond acceptors (Lipinski definition) is 1. The van der Waals surface area contributed by atoms with Gasteiger partial charge in [0, 0.05) is 15.8 Å². The van der Waals surface area contributed by atoms with E-state index in [1.165, 1.54) is 90.6 Å². The topological polar surface area (TPSA) is 12.0 Å². The lowest BCUT2D eigenvalue weighted by atomic mass is 9.87. The zero-order chi connectivity index (χ0) is 26.0. The van der Waals surface area contributed by atoms with Crippen LogP contribution in [0.4, 0.5) is 11.4 Å². The highest BCUT2D eigenvalue weighted by molar-refractivity contribution is 9.10. The van der Waals surface area contributed by atoms with Crippen LogP contribution in [0.3, 0.4) is 0 Å². The van der Waals surface area contributed by atoms with Gasteiger partial charge in [0.15, 0.2) is 0 Å². The fraction of sp³-hybridized carbons (Fsp3) is 0.471. The van der Waals surface area contributed by atoms with Gasteiger partial charge in [-0.1, -0.05) is 119 Å². The van der Waals surface area contributed by atoms with Gasteiger partial charge < -0.3 is 5.32 Å². The fourth-order valence-corrected chi connectivity index (χ4v) is 5.34. The summed E-state index contributed by atoms with van der Waals surface area (Å²) in [5.74, 6) is 0. The lowest BCUT2D eigenvalue weighted by molar-refractivity contribution is 0.590. The Morgan fingerprint density at radius 2 is 1.25 bits per heavy atom. The van der Waals surface area contributed by atoms with Crippen LogP contribution in [0.5, 0.6) is 0 Å². The van der Waals surface area contributed by atoms with E-state index >= 15 is 0 Å². The molecule has 0 fully saturated rings. The van der Waals surface area contributed by atoms with Crippen LogP contribution in [0, 0.1) is 0 Å². The zero-order valence-electron chi connectivity index (χ0n) is 23.2.